The fourth-order valence-electron chi connectivity index (χ4n) is 3.76. The molecule has 0 saturated carbocycles. The van der Waals surface area contributed by atoms with E-state index < -0.39 is 10.6 Å². The minimum absolute atomic E-state index is 0.0229. The highest BCUT2D eigenvalue weighted by molar-refractivity contribution is 8.13. The van der Waals surface area contributed by atoms with E-state index in [1.54, 1.807) is 23.9 Å². The van der Waals surface area contributed by atoms with Gasteiger partial charge in [-0.3, -0.25) is 10.1 Å². The lowest BCUT2D eigenvalue weighted by Gasteiger charge is -2.24. The Balaban J connectivity index is 1.81. The summed E-state index contributed by atoms with van der Waals surface area (Å²) in [4.78, 5) is 12.9. The highest BCUT2D eigenvalue weighted by Crippen LogP contribution is 2.41. The highest BCUT2D eigenvalue weighted by Gasteiger charge is 2.54. The molecule has 1 atom stereocenters. The number of para-hydroxylation sites is 2. The van der Waals surface area contributed by atoms with Crippen LogP contribution in [-0.4, -0.2) is 45.2 Å². The Morgan fingerprint density at radius 1 is 1.32 bits per heavy atom. The number of amidine groups is 1. The molecule has 0 fully saturated rings. The van der Waals surface area contributed by atoms with Crippen LogP contribution in [0.15, 0.2) is 48.5 Å². The number of hydrogen-bond donors (Lipinski definition) is 1. The first-order chi connectivity index (χ1) is 13.5. The normalized spacial score (nSPS) is 21.6. The number of non-ortho nitro benzene ring substituents is 1. The van der Waals surface area contributed by atoms with E-state index in [2.05, 4.69) is 4.90 Å². The Bertz CT molecular complexity index is 949. The SMILES string of the molecule is CCOc1ccccc1N1C[C@](O)(c2cccc([N+](=O)[O-])c2)[N+]2=C1SCCC2. The Morgan fingerprint density at radius 2 is 2.14 bits per heavy atom. The predicted octanol–water partition coefficient (Wildman–Crippen LogP) is 3.16. The summed E-state index contributed by atoms with van der Waals surface area (Å²) in [5.74, 6) is 1.72. The third kappa shape index (κ3) is 3.12. The Morgan fingerprint density at radius 3 is 2.93 bits per heavy atom. The van der Waals surface area contributed by atoms with Crippen molar-refractivity contribution in [1.29, 1.82) is 0 Å². The molecule has 4 rings (SSSR count). The molecule has 1 N–H and O–H groups in total. The quantitative estimate of drug-likeness (QED) is 0.472. The number of rotatable bonds is 5. The van der Waals surface area contributed by atoms with E-state index in [1.165, 1.54) is 12.1 Å². The molecule has 0 saturated heterocycles. The molecule has 2 aromatic carbocycles. The van der Waals surface area contributed by atoms with Crippen molar-refractivity contribution >= 4 is 28.3 Å². The Kier molecular flexibility index (Phi) is 4.99. The van der Waals surface area contributed by atoms with Gasteiger partial charge in [0.25, 0.3) is 11.4 Å². The van der Waals surface area contributed by atoms with Gasteiger partial charge in [0.1, 0.15) is 0 Å². The van der Waals surface area contributed by atoms with Gasteiger partial charge in [0.15, 0.2) is 18.0 Å². The minimum Gasteiger partial charge on any atom is -0.489 e. The van der Waals surface area contributed by atoms with E-state index in [0.717, 1.165) is 28.8 Å². The number of hydrogen-bond acceptors (Lipinski definition) is 6. The zero-order valence-electron chi connectivity index (χ0n) is 15.6. The molecule has 0 spiro atoms. The van der Waals surface area contributed by atoms with E-state index >= 15 is 0 Å². The third-order valence-electron chi connectivity index (χ3n) is 5.02. The van der Waals surface area contributed by atoms with Crippen molar-refractivity contribution in [3.63, 3.8) is 0 Å². The van der Waals surface area contributed by atoms with Gasteiger partial charge in [-0.05, 0) is 37.2 Å². The summed E-state index contributed by atoms with van der Waals surface area (Å²) in [6.45, 7) is 3.45. The van der Waals surface area contributed by atoms with Crippen LogP contribution in [0.4, 0.5) is 11.4 Å². The largest absolute Gasteiger partial charge is 0.489 e. The third-order valence-corrected chi connectivity index (χ3v) is 6.21. The summed E-state index contributed by atoms with van der Waals surface area (Å²) in [5.41, 5.74) is 0.0529. The van der Waals surface area contributed by atoms with Crippen molar-refractivity contribution < 1.29 is 19.3 Å². The van der Waals surface area contributed by atoms with E-state index in [9.17, 15) is 15.2 Å². The zero-order valence-corrected chi connectivity index (χ0v) is 16.4. The summed E-state index contributed by atoms with van der Waals surface area (Å²) in [5, 5.41) is 23.9. The molecule has 7 nitrogen and oxygen atoms in total. The smallest absolute Gasteiger partial charge is 0.316 e. The van der Waals surface area contributed by atoms with Crippen molar-refractivity contribution in [2.24, 2.45) is 0 Å². The molecule has 0 bridgehead atoms. The van der Waals surface area contributed by atoms with Gasteiger partial charge in [-0.15, -0.1) is 0 Å². The first-order valence-electron chi connectivity index (χ1n) is 9.28. The fourth-order valence-corrected chi connectivity index (χ4v) is 4.93. The lowest BCUT2D eigenvalue weighted by Crippen LogP contribution is -2.41. The van der Waals surface area contributed by atoms with Gasteiger partial charge in [-0.2, -0.15) is 0 Å². The molecular weight excluding hydrogens is 378 g/mol. The van der Waals surface area contributed by atoms with Gasteiger partial charge in [0, 0.05) is 23.4 Å². The summed E-state index contributed by atoms with van der Waals surface area (Å²) in [6, 6.07) is 14.1. The summed E-state index contributed by atoms with van der Waals surface area (Å²) in [6.07, 6.45) is 0.937. The van der Waals surface area contributed by atoms with Crippen LogP contribution in [0.2, 0.25) is 0 Å². The number of thioether (sulfide) groups is 1. The monoisotopic (exact) mass is 400 g/mol. The molecule has 146 valence electrons. The second kappa shape index (κ2) is 7.44. The molecule has 2 heterocycles. The molecule has 28 heavy (non-hydrogen) atoms. The molecule has 0 amide bonds. The predicted molar refractivity (Wildman–Crippen MR) is 109 cm³/mol. The van der Waals surface area contributed by atoms with E-state index in [0.29, 0.717) is 18.7 Å². The molecule has 0 radical (unpaired) electrons. The van der Waals surface area contributed by atoms with Crippen LogP contribution >= 0.6 is 11.8 Å². The molecule has 0 aromatic heterocycles. The topological polar surface area (TPSA) is 78.9 Å². The van der Waals surface area contributed by atoms with Crippen LogP contribution in [0.1, 0.15) is 18.9 Å². The summed E-state index contributed by atoms with van der Waals surface area (Å²) in [7, 11) is 0. The summed E-state index contributed by atoms with van der Waals surface area (Å²) >= 11 is 1.69. The molecule has 2 aromatic rings. The maximum atomic E-state index is 11.7. The van der Waals surface area contributed by atoms with E-state index in [-0.39, 0.29) is 12.2 Å². The van der Waals surface area contributed by atoms with Crippen LogP contribution in [0.5, 0.6) is 5.75 Å². The number of β-amino-alcohol motifs (C(OH)–C–C–N with tert-alkyl or cyclic N) is 1. The standard InChI is InChI=1S/C20H22N3O4S/c1-2-27-18-10-4-3-9-17(18)21-14-20(24,22-11-6-12-28-19(21)22)15-7-5-8-16(13-15)23(25)26/h3-5,7-10,13,24H,2,6,11-12,14H2,1H3/q+1/t20-/m0/s1. The number of aliphatic hydroxyl groups is 1. The van der Waals surface area contributed by atoms with Crippen LogP contribution < -0.4 is 9.64 Å². The lowest BCUT2D eigenvalue weighted by atomic mass is 10.0. The Labute approximate surface area is 167 Å². The van der Waals surface area contributed by atoms with Gasteiger partial charge < -0.3 is 9.84 Å². The average molecular weight is 400 g/mol. The number of nitro groups is 1. The average Bonchev–Trinajstić information content (AvgIpc) is 3.03. The van der Waals surface area contributed by atoms with Crippen LogP contribution in [0.3, 0.4) is 0 Å². The van der Waals surface area contributed by atoms with Crippen molar-refractivity contribution in [3.05, 3.63) is 64.2 Å². The minimum atomic E-state index is -1.34. The van der Waals surface area contributed by atoms with Crippen molar-refractivity contribution in [1.82, 2.24) is 0 Å². The van der Waals surface area contributed by atoms with Crippen molar-refractivity contribution in [3.8, 4) is 5.75 Å². The van der Waals surface area contributed by atoms with Gasteiger partial charge in [0.05, 0.1) is 18.1 Å². The van der Waals surface area contributed by atoms with Crippen LogP contribution in [0, 0.1) is 10.1 Å². The molecule has 0 unspecified atom stereocenters. The van der Waals surface area contributed by atoms with Crippen molar-refractivity contribution in [2.75, 3.05) is 30.3 Å². The van der Waals surface area contributed by atoms with Gasteiger partial charge in [-0.1, -0.05) is 24.3 Å². The maximum absolute atomic E-state index is 11.7. The van der Waals surface area contributed by atoms with Crippen LogP contribution in [0.25, 0.3) is 0 Å². The first-order valence-corrected chi connectivity index (χ1v) is 10.3. The fraction of sp³-hybridized carbons (Fsp3) is 0.350. The molecule has 2 aliphatic heterocycles. The van der Waals surface area contributed by atoms with Crippen LogP contribution in [-0.2, 0) is 5.72 Å². The molecular formula is C20H22N3O4S+. The number of nitro benzene ring substituents is 1. The van der Waals surface area contributed by atoms with Gasteiger partial charge >= 0.3 is 5.17 Å². The molecule has 0 aliphatic carbocycles. The zero-order chi connectivity index (χ0) is 19.7. The Hall–Kier alpha value is -2.58. The molecule has 8 heteroatoms. The lowest BCUT2D eigenvalue weighted by molar-refractivity contribution is -0.656. The maximum Gasteiger partial charge on any atom is 0.316 e. The highest BCUT2D eigenvalue weighted by atomic mass is 32.2. The van der Waals surface area contributed by atoms with E-state index in [1.807, 2.05) is 35.8 Å². The second-order valence-corrected chi connectivity index (χ2v) is 7.81. The first kappa shape index (κ1) is 18.8. The number of ether oxygens (including phenoxy) is 1. The van der Waals surface area contributed by atoms with Crippen molar-refractivity contribution in [2.45, 2.75) is 19.1 Å². The molecule has 2 aliphatic rings. The van der Waals surface area contributed by atoms with E-state index in [4.69, 9.17) is 4.74 Å². The van der Waals surface area contributed by atoms with Gasteiger partial charge in [-0.25, -0.2) is 9.48 Å². The summed E-state index contributed by atoms with van der Waals surface area (Å²) < 4.78 is 7.76. The van der Waals surface area contributed by atoms with Gasteiger partial charge in [0.2, 0.25) is 0 Å². The number of benzene rings is 2. The second-order valence-electron chi connectivity index (χ2n) is 6.75. The number of nitrogens with zero attached hydrogens (tertiary/aromatic N) is 3. The number of anilines is 1.